The van der Waals surface area contributed by atoms with Crippen molar-refractivity contribution in [1.82, 2.24) is 4.31 Å². The number of aryl methyl sites for hydroxylation is 1. The lowest BCUT2D eigenvalue weighted by molar-refractivity contribution is -0.116. The highest BCUT2D eigenvalue weighted by molar-refractivity contribution is 7.89. The molecule has 0 aliphatic rings. The SMILES string of the molecule is COc1ccc(C)cc1S(=O)(=O)N(CC(=O)Nc1ccc(Cl)cc1)Cc1ccccc1. The highest BCUT2D eigenvalue weighted by Crippen LogP contribution is 2.29. The molecule has 3 aromatic rings. The summed E-state index contributed by atoms with van der Waals surface area (Å²) in [5.41, 5.74) is 2.06. The third-order valence-corrected chi connectivity index (χ3v) is 6.65. The minimum Gasteiger partial charge on any atom is -0.495 e. The first kappa shape index (κ1) is 22.8. The fourth-order valence-electron chi connectivity index (χ4n) is 3.03. The van der Waals surface area contributed by atoms with E-state index in [2.05, 4.69) is 5.32 Å². The number of amides is 1. The number of methoxy groups -OCH3 is 1. The number of sulfonamides is 1. The lowest BCUT2D eigenvalue weighted by Gasteiger charge is -2.23. The van der Waals surface area contributed by atoms with Crippen molar-refractivity contribution in [2.24, 2.45) is 0 Å². The van der Waals surface area contributed by atoms with Crippen molar-refractivity contribution in [2.75, 3.05) is 19.0 Å². The highest BCUT2D eigenvalue weighted by Gasteiger charge is 2.30. The van der Waals surface area contributed by atoms with E-state index in [4.69, 9.17) is 16.3 Å². The maximum atomic E-state index is 13.5. The molecule has 0 heterocycles. The topological polar surface area (TPSA) is 75.7 Å². The van der Waals surface area contributed by atoms with E-state index in [0.29, 0.717) is 10.7 Å². The summed E-state index contributed by atoms with van der Waals surface area (Å²) < 4.78 is 33.5. The lowest BCUT2D eigenvalue weighted by atomic mass is 10.2. The second kappa shape index (κ2) is 9.96. The summed E-state index contributed by atoms with van der Waals surface area (Å²) >= 11 is 5.88. The minimum atomic E-state index is -4.03. The first-order valence-corrected chi connectivity index (χ1v) is 11.4. The maximum absolute atomic E-state index is 13.5. The molecule has 0 radical (unpaired) electrons. The smallest absolute Gasteiger partial charge is 0.247 e. The van der Waals surface area contributed by atoms with Crippen molar-refractivity contribution >= 4 is 33.2 Å². The van der Waals surface area contributed by atoms with E-state index in [0.717, 1.165) is 15.4 Å². The molecule has 0 saturated heterocycles. The van der Waals surface area contributed by atoms with Gasteiger partial charge in [-0.25, -0.2) is 8.42 Å². The largest absolute Gasteiger partial charge is 0.495 e. The first-order chi connectivity index (χ1) is 14.8. The van der Waals surface area contributed by atoms with Crippen LogP contribution >= 0.6 is 11.6 Å². The number of anilines is 1. The third kappa shape index (κ3) is 5.85. The summed E-state index contributed by atoms with van der Waals surface area (Å²) in [6.45, 7) is 1.47. The van der Waals surface area contributed by atoms with Gasteiger partial charge >= 0.3 is 0 Å². The van der Waals surface area contributed by atoms with Gasteiger partial charge in [0.2, 0.25) is 15.9 Å². The van der Waals surface area contributed by atoms with Crippen LogP contribution in [-0.4, -0.2) is 32.3 Å². The van der Waals surface area contributed by atoms with E-state index in [-0.39, 0.29) is 23.7 Å². The second-order valence-corrected chi connectivity index (χ2v) is 9.31. The average Bonchev–Trinajstić information content (AvgIpc) is 2.75. The monoisotopic (exact) mass is 458 g/mol. The molecule has 0 aliphatic heterocycles. The molecule has 1 N–H and O–H groups in total. The van der Waals surface area contributed by atoms with Crippen LogP contribution in [0.5, 0.6) is 5.75 Å². The van der Waals surface area contributed by atoms with Crippen molar-refractivity contribution in [2.45, 2.75) is 18.4 Å². The predicted molar refractivity (Wildman–Crippen MR) is 122 cm³/mol. The molecule has 0 atom stereocenters. The summed E-state index contributed by atoms with van der Waals surface area (Å²) in [7, 11) is -2.62. The van der Waals surface area contributed by atoms with Crippen molar-refractivity contribution in [3.63, 3.8) is 0 Å². The van der Waals surface area contributed by atoms with E-state index >= 15 is 0 Å². The van der Waals surface area contributed by atoms with Gasteiger partial charge in [0.1, 0.15) is 10.6 Å². The van der Waals surface area contributed by atoms with Crippen LogP contribution < -0.4 is 10.1 Å². The fourth-order valence-corrected chi connectivity index (χ4v) is 4.78. The molecule has 3 aromatic carbocycles. The maximum Gasteiger partial charge on any atom is 0.247 e. The lowest BCUT2D eigenvalue weighted by Crippen LogP contribution is -2.37. The zero-order chi connectivity index (χ0) is 22.4. The van der Waals surface area contributed by atoms with Crippen molar-refractivity contribution in [3.8, 4) is 5.75 Å². The summed E-state index contributed by atoms with van der Waals surface area (Å²) in [4.78, 5) is 12.7. The van der Waals surface area contributed by atoms with Gasteiger partial charge in [-0.15, -0.1) is 0 Å². The molecule has 0 aromatic heterocycles. The van der Waals surface area contributed by atoms with E-state index in [1.165, 1.54) is 7.11 Å². The van der Waals surface area contributed by atoms with Gasteiger partial charge in [-0.3, -0.25) is 4.79 Å². The number of hydrogen-bond acceptors (Lipinski definition) is 4. The van der Waals surface area contributed by atoms with Gasteiger partial charge in [0.05, 0.1) is 13.7 Å². The number of nitrogens with one attached hydrogen (secondary N) is 1. The van der Waals surface area contributed by atoms with Gasteiger partial charge in [0.15, 0.2) is 0 Å². The normalized spacial score (nSPS) is 11.4. The van der Waals surface area contributed by atoms with Crippen LogP contribution in [0.4, 0.5) is 5.69 Å². The van der Waals surface area contributed by atoms with E-state index < -0.39 is 15.9 Å². The summed E-state index contributed by atoms with van der Waals surface area (Å²) in [5.74, 6) is -0.241. The standard InChI is InChI=1S/C23H23ClN2O4S/c1-17-8-13-21(30-2)22(14-17)31(28,29)26(15-18-6-4-3-5-7-18)16-23(27)25-20-11-9-19(24)10-12-20/h3-14H,15-16H2,1-2H3,(H,25,27). The Labute approximate surface area is 187 Å². The van der Waals surface area contributed by atoms with Crippen molar-refractivity contribution in [3.05, 3.63) is 88.9 Å². The van der Waals surface area contributed by atoms with E-state index in [1.807, 2.05) is 30.3 Å². The van der Waals surface area contributed by atoms with Crippen LogP contribution in [-0.2, 0) is 21.4 Å². The number of benzene rings is 3. The van der Waals surface area contributed by atoms with Gasteiger partial charge in [0.25, 0.3) is 0 Å². The molecule has 162 valence electrons. The Morgan fingerprint density at radius 1 is 1.03 bits per heavy atom. The highest BCUT2D eigenvalue weighted by atomic mass is 35.5. The van der Waals surface area contributed by atoms with Crippen molar-refractivity contribution in [1.29, 1.82) is 0 Å². The molecule has 0 aliphatic carbocycles. The molecular formula is C23H23ClN2O4S. The fraction of sp³-hybridized carbons (Fsp3) is 0.174. The van der Waals surface area contributed by atoms with Crippen LogP contribution in [0.1, 0.15) is 11.1 Å². The number of rotatable bonds is 8. The first-order valence-electron chi connectivity index (χ1n) is 9.54. The molecule has 31 heavy (non-hydrogen) atoms. The molecule has 1 amide bonds. The summed E-state index contributed by atoms with van der Waals surface area (Å²) in [6.07, 6.45) is 0. The summed E-state index contributed by atoms with van der Waals surface area (Å²) in [6, 6.07) is 20.6. The molecule has 0 saturated carbocycles. The van der Waals surface area contributed by atoms with Crippen LogP contribution in [0.15, 0.2) is 77.7 Å². The Bertz CT molecular complexity index is 1150. The number of carbonyl (C=O) groups excluding carboxylic acids is 1. The Hall–Kier alpha value is -2.87. The zero-order valence-corrected chi connectivity index (χ0v) is 18.8. The van der Waals surface area contributed by atoms with Crippen LogP contribution in [0.2, 0.25) is 5.02 Å². The average molecular weight is 459 g/mol. The van der Waals surface area contributed by atoms with Crippen LogP contribution in [0.3, 0.4) is 0 Å². The zero-order valence-electron chi connectivity index (χ0n) is 17.2. The molecule has 0 spiro atoms. The number of nitrogens with zero attached hydrogens (tertiary/aromatic N) is 1. The Kier molecular flexibility index (Phi) is 7.33. The number of hydrogen-bond donors (Lipinski definition) is 1. The van der Waals surface area contributed by atoms with Crippen LogP contribution in [0, 0.1) is 6.92 Å². The quantitative estimate of drug-likeness (QED) is 0.539. The van der Waals surface area contributed by atoms with Gasteiger partial charge in [-0.1, -0.05) is 48.0 Å². The Balaban J connectivity index is 1.93. The van der Waals surface area contributed by atoms with Gasteiger partial charge in [-0.05, 0) is 54.4 Å². The number of halogens is 1. The number of ether oxygens (including phenoxy) is 1. The van der Waals surface area contributed by atoms with Gasteiger partial charge in [-0.2, -0.15) is 4.31 Å². The van der Waals surface area contributed by atoms with Crippen LogP contribution in [0.25, 0.3) is 0 Å². The molecule has 0 bridgehead atoms. The second-order valence-electron chi connectivity index (χ2n) is 6.97. The Morgan fingerprint density at radius 2 is 1.71 bits per heavy atom. The molecule has 3 rings (SSSR count). The van der Waals surface area contributed by atoms with E-state index in [9.17, 15) is 13.2 Å². The molecule has 6 nitrogen and oxygen atoms in total. The molecule has 8 heteroatoms. The van der Waals surface area contributed by atoms with E-state index in [1.54, 1.807) is 49.4 Å². The van der Waals surface area contributed by atoms with Gasteiger partial charge in [0, 0.05) is 17.3 Å². The Morgan fingerprint density at radius 3 is 2.35 bits per heavy atom. The molecule has 0 unspecified atom stereocenters. The van der Waals surface area contributed by atoms with Crippen molar-refractivity contribution < 1.29 is 17.9 Å². The van der Waals surface area contributed by atoms with Gasteiger partial charge < -0.3 is 10.1 Å². The molecule has 0 fully saturated rings. The third-order valence-electron chi connectivity index (χ3n) is 4.59. The molecular weight excluding hydrogens is 436 g/mol. The number of carbonyl (C=O) groups is 1. The summed E-state index contributed by atoms with van der Waals surface area (Å²) in [5, 5.41) is 3.25. The minimum absolute atomic E-state index is 0.0187. The predicted octanol–water partition coefficient (Wildman–Crippen LogP) is 4.49.